The second-order valence-corrected chi connectivity index (χ2v) is 9.01. The largest absolute Gasteiger partial charge is 0.379 e. The van der Waals surface area contributed by atoms with Crippen LogP contribution in [0.4, 0.5) is 5.69 Å². The zero-order valence-corrected chi connectivity index (χ0v) is 17.7. The number of halogens is 2. The summed E-state index contributed by atoms with van der Waals surface area (Å²) in [6.45, 7) is 2.47. The molecule has 0 spiro atoms. The zero-order valence-electron chi connectivity index (χ0n) is 15.4. The first kappa shape index (κ1) is 21.7. The first-order chi connectivity index (χ1) is 13.7. The summed E-state index contributed by atoms with van der Waals surface area (Å²) >= 11 is 11.5. The average Bonchev–Trinajstić information content (AvgIpc) is 2.70. The molecule has 2 heterocycles. The molecule has 12 heteroatoms. The molecule has 0 saturated carbocycles. The van der Waals surface area contributed by atoms with E-state index in [-0.39, 0.29) is 33.7 Å². The Balaban J connectivity index is 1.80. The fourth-order valence-electron chi connectivity index (χ4n) is 2.78. The third-order valence-electron chi connectivity index (χ3n) is 4.30. The van der Waals surface area contributed by atoms with E-state index < -0.39 is 28.0 Å². The number of ether oxygens (including phenoxy) is 1. The highest BCUT2D eigenvalue weighted by atomic mass is 35.5. The summed E-state index contributed by atoms with van der Waals surface area (Å²) in [7, 11) is -3.72. The van der Waals surface area contributed by atoms with E-state index in [0.29, 0.717) is 18.8 Å². The van der Waals surface area contributed by atoms with Crippen molar-refractivity contribution in [3.8, 4) is 0 Å². The Morgan fingerprint density at radius 1 is 1.28 bits per heavy atom. The topological polar surface area (TPSA) is 111 Å². The standard InChI is InChI=1S/C17H18Cl2N4O5S/c1-11-2-3-12(8-14(11)29(26,27)22-4-6-28-7-5-22)21-15(24)10-23-17(25)16(19)13(18)9-20-23/h2-3,8-9H,4-7,10H2,1H3,(H,21,24). The molecular formula is C17H18Cl2N4O5S. The van der Waals surface area contributed by atoms with Gasteiger partial charge in [0, 0.05) is 18.8 Å². The highest BCUT2D eigenvalue weighted by molar-refractivity contribution is 7.89. The quantitative estimate of drug-likeness (QED) is 0.723. The minimum absolute atomic E-state index is 0.00943. The van der Waals surface area contributed by atoms with Crippen LogP contribution in [-0.2, 0) is 26.1 Å². The van der Waals surface area contributed by atoms with Crippen LogP contribution < -0.4 is 10.9 Å². The van der Waals surface area contributed by atoms with E-state index in [1.165, 1.54) is 10.4 Å². The molecule has 1 N–H and O–H groups in total. The molecule has 156 valence electrons. The predicted molar refractivity (Wildman–Crippen MR) is 108 cm³/mol. The number of aromatic nitrogens is 2. The SMILES string of the molecule is Cc1ccc(NC(=O)Cn2ncc(Cl)c(Cl)c2=O)cc1S(=O)(=O)N1CCOCC1. The van der Waals surface area contributed by atoms with Crippen molar-refractivity contribution in [1.82, 2.24) is 14.1 Å². The van der Waals surface area contributed by atoms with Gasteiger partial charge in [-0.15, -0.1) is 0 Å². The number of amides is 1. The monoisotopic (exact) mass is 460 g/mol. The van der Waals surface area contributed by atoms with Gasteiger partial charge in [0.1, 0.15) is 11.6 Å². The molecule has 1 aromatic heterocycles. The van der Waals surface area contributed by atoms with Crippen molar-refractivity contribution in [3.05, 3.63) is 50.4 Å². The Kier molecular flexibility index (Phi) is 6.59. The van der Waals surface area contributed by atoms with Gasteiger partial charge in [-0.2, -0.15) is 9.40 Å². The van der Waals surface area contributed by atoms with Crippen LogP contribution in [0.5, 0.6) is 0 Å². The van der Waals surface area contributed by atoms with Crippen molar-refractivity contribution >= 4 is 44.8 Å². The maximum Gasteiger partial charge on any atom is 0.287 e. The fourth-order valence-corrected chi connectivity index (χ4v) is 4.71. The maximum atomic E-state index is 12.9. The van der Waals surface area contributed by atoms with Gasteiger partial charge in [0.15, 0.2) is 0 Å². The number of sulfonamides is 1. The summed E-state index contributed by atoms with van der Waals surface area (Å²) in [4.78, 5) is 24.4. The number of hydrogen-bond acceptors (Lipinski definition) is 6. The average molecular weight is 461 g/mol. The summed E-state index contributed by atoms with van der Waals surface area (Å²) in [6.07, 6.45) is 1.16. The number of nitrogens with one attached hydrogen (secondary N) is 1. The Hall–Kier alpha value is -1.98. The number of rotatable bonds is 5. The lowest BCUT2D eigenvalue weighted by molar-refractivity contribution is -0.117. The Morgan fingerprint density at radius 2 is 1.97 bits per heavy atom. The van der Waals surface area contributed by atoms with E-state index in [1.54, 1.807) is 19.1 Å². The zero-order chi connectivity index (χ0) is 21.2. The number of aryl methyl sites for hydroxylation is 1. The van der Waals surface area contributed by atoms with E-state index >= 15 is 0 Å². The van der Waals surface area contributed by atoms with Crippen molar-refractivity contribution in [2.24, 2.45) is 0 Å². The molecule has 3 rings (SSSR count). The lowest BCUT2D eigenvalue weighted by Crippen LogP contribution is -2.40. The summed E-state index contributed by atoms with van der Waals surface area (Å²) in [5.41, 5.74) is 0.131. The van der Waals surface area contributed by atoms with E-state index in [0.717, 1.165) is 10.9 Å². The molecule has 0 atom stereocenters. The molecule has 1 saturated heterocycles. The van der Waals surface area contributed by atoms with Gasteiger partial charge >= 0.3 is 0 Å². The molecule has 1 aromatic carbocycles. The van der Waals surface area contributed by atoms with Gasteiger partial charge in [0.25, 0.3) is 5.56 Å². The smallest absolute Gasteiger partial charge is 0.287 e. The summed E-state index contributed by atoms with van der Waals surface area (Å²) in [5, 5.41) is 6.09. The molecule has 29 heavy (non-hydrogen) atoms. The van der Waals surface area contributed by atoms with Gasteiger partial charge in [-0.1, -0.05) is 29.3 Å². The number of benzene rings is 1. The lowest BCUT2D eigenvalue weighted by Gasteiger charge is -2.26. The highest BCUT2D eigenvalue weighted by Crippen LogP contribution is 2.24. The van der Waals surface area contributed by atoms with Crippen LogP contribution in [0.15, 0.2) is 34.1 Å². The number of morpholine rings is 1. The van der Waals surface area contributed by atoms with Crippen LogP contribution in [-0.4, -0.2) is 54.7 Å². The molecule has 1 fully saturated rings. The van der Waals surface area contributed by atoms with Crippen LogP contribution in [0.3, 0.4) is 0 Å². The Labute approximate surface area is 177 Å². The van der Waals surface area contributed by atoms with Crippen molar-refractivity contribution in [1.29, 1.82) is 0 Å². The van der Waals surface area contributed by atoms with E-state index in [1.807, 2.05) is 0 Å². The predicted octanol–water partition coefficient (Wildman–Crippen LogP) is 1.52. The first-order valence-corrected chi connectivity index (χ1v) is 10.8. The second kappa shape index (κ2) is 8.80. The number of anilines is 1. The Bertz CT molecular complexity index is 1100. The third kappa shape index (κ3) is 4.78. The molecule has 0 unspecified atom stereocenters. The van der Waals surface area contributed by atoms with Crippen molar-refractivity contribution in [3.63, 3.8) is 0 Å². The number of hydrogen-bond donors (Lipinski definition) is 1. The minimum Gasteiger partial charge on any atom is -0.379 e. The first-order valence-electron chi connectivity index (χ1n) is 8.59. The molecule has 2 aromatic rings. The van der Waals surface area contributed by atoms with Crippen molar-refractivity contribution < 1.29 is 17.9 Å². The van der Waals surface area contributed by atoms with Gasteiger partial charge in [0.2, 0.25) is 15.9 Å². The van der Waals surface area contributed by atoms with E-state index in [9.17, 15) is 18.0 Å². The molecule has 0 aliphatic carbocycles. The van der Waals surface area contributed by atoms with Gasteiger partial charge in [-0.05, 0) is 24.6 Å². The summed E-state index contributed by atoms with van der Waals surface area (Å²) in [5.74, 6) is -0.573. The second-order valence-electron chi connectivity index (χ2n) is 6.31. The van der Waals surface area contributed by atoms with E-state index in [2.05, 4.69) is 10.4 Å². The van der Waals surface area contributed by atoms with Gasteiger partial charge in [0.05, 0.1) is 29.3 Å². The van der Waals surface area contributed by atoms with Crippen LogP contribution >= 0.6 is 23.2 Å². The molecule has 0 radical (unpaired) electrons. The van der Waals surface area contributed by atoms with Gasteiger partial charge < -0.3 is 10.1 Å². The summed E-state index contributed by atoms with van der Waals surface area (Å²) < 4.78 is 33.3. The normalized spacial score (nSPS) is 15.3. The fraction of sp³-hybridized carbons (Fsp3) is 0.353. The van der Waals surface area contributed by atoms with Gasteiger partial charge in [-0.3, -0.25) is 9.59 Å². The van der Waals surface area contributed by atoms with Crippen LogP contribution in [0.25, 0.3) is 0 Å². The molecule has 1 amide bonds. The molecule has 9 nitrogen and oxygen atoms in total. The van der Waals surface area contributed by atoms with Crippen molar-refractivity contribution in [2.45, 2.75) is 18.4 Å². The number of nitrogens with zero attached hydrogens (tertiary/aromatic N) is 3. The van der Waals surface area contributed by atoms with Crippen LogP contribution in [0.2, 0.25) is 10.0 Å². The maximum absolute atomic E-state index is 12.9. The number of carbonyl (C=O) groups excluding carboxylic acids is 1. The Morgan fingerprint density at radius 3 is 2.66 bits per heavy atom. The van der Waals surface area contributed by atoms with Crippen LogP contribution in [0.1, 0.15) is 5.56 Å². The molecule has 1 aliphatic rings. The molecule has 1 aliphatic heterocycles. The highest BCUT2D eigenvalue weighted by Gasteiger charge is 2.28. The van der Waals surface area contributed by atoms with Crippen LogP contribution in [0, 0.1) is 6.92 Å². The van der Waals surface area contributed by atoms with E-state index in [4.69, 9.17) is 27.9 Å². The lowest BCUT2D eigenvalue weighted by atomic mass is 10.2. The van der Waals surface area contributed by atoms with Crippen molar-refractivity contribution in [2.75, 3.05) is 31.6 Å². The molecule has 0 bridgehead atoms. The summed E-state index contributed by atoms with van der Waals surface area (Å²) in [6, 6.07) is 4.58. The van der Waals surface area contributed by atoms with Gasteiger partial charge in [-0.25, -0.2) is 13.1 Å². The number of carbonyl (C=O) groups is 1. The molecular weight excluding hydrogens is 443 g/mol. The third-order valence-corrected chi connectivity index (χ3v) is 7.08. The minimum atomic E-state index is -3.72.